The number of piperidine rings is 1. The molecule has 2 aliphatic heterocycles. The van der Waals surface area contributed by atoms with Crippen molar-refractivity contribution in [3.05, 3.63) is 48.0 Å². The number of ether oxygens (including phenoxy) is 1. The number of esters is 1. The summed E-state index contributed by atoms with van der Waals surface area (Å²) in [6.07, 6.45) is -0.374. The van der Waals surface area contributed by atoms with E-state index in [1.807, 2.05) is 4.90 Å². The molecule has 37 heavy (non-hydrogen) atoms. The summed E-state index contributed by atoms with van der Waals surface area (Å²) in [4.78, 5) is 23.0. The predicted molar refractivity (Wildman–Crippen MR) is 128 cm³/mol. The lowest BCUT2D eigenvalue weighted by Crippen LogP contribution is -2.51. The Morgan fingerprint density at radius 2 is 2.03 bits per heavy atom. The molecule has 196 valence electrons. The van der Waals surface area contributed by atoms with Gasteiger partial charge in [-0.2, -0.15) is 18.3 Å². The summed E-state index contributed by atoms with van der Waals surface area (Å²) in [6, 6.07) is 4.54. The number of cyclic esters (lactones) is 1. The van der Waals surface area contributed by atoms with Crippen molar-refractivity contribution in [2.24, 2.45) is 5.73 Å². The summed E-state index contributed by atoms with van der Waals surface area (Å²) >= 11 is 0. The number of fused-ring (bicyclic) bond motifs is 1. The number of nitrogens with zero attached hydrogens (tertiary/aromatic N) is 5. The average molecular weight is 518 g/mol. The van der Waals surface area contributed by atoms with Crippen LogP contribution in [0.2, 0.25) is 0 Å². The maximum absolute atomic E-state index is 12.9. The van der Waals surface area contributed by atoms with Crippen LogP contribution in [0.5, 0.6) is 0 Å². The quantitative estimate of drug-likeness (QED) is 0.437. The minimum absolute atomic E-state index is 0.346. The van der Waals surface area contributed by atoms with Crippen LogP contribution in [0, 0.1) is 0 Å². The zero-order valence-electron chi connectivity index (χ0n) is 20.2. The van der Waals surface area contributed by atoms with Crippen LogP contribution in [-0.4, -0.2) is 62.2 Å². The van der Waals surface area contributed by atoms with Crippen LogP contribution in [0.25, 0.3) is 11.1 Å². The Morgan fingerprint density at radius 1 is 1.24 bits per heavy atom. The first-order valence-electron chi connectivity index (χ1n) is 11.7. The van der Waals surface area contributed by atoms with Crippen LogP contribution in [0.4, 0.5) is 30.5 Å². The third kappa shape index (κ3) is 5.09. The summed E-state index contributed by atoms with van der Waals surface area (Å²) in [6.45, 7) is 3.14. The SMILES string of the molecule is CC1(C)OC(=O)c2ccc(Nc3cc(N4CC[C@@H](O)[C@H](N)C4)c(-c4cnn(CC(F)(F)F)c4)cn3)nc21. The third-order valence-electron chi connectivity index (χ3n) is 6.42. The second-order valence-corrected chi connectivity index (χ2v) is 9.71. The number of hydrogen-bond acceptors (Lipinski definition) is 9. The number of anilines is 3. The molecule has 0 radical (unpaired) electrons. The molecular weight excluding hydrogens is 491 g/mol. The Balaban J connectivity index is 1.49. The average Bonchev–Trinajstić information content (AvgIpc) is 3.35. The number of nitrogens with one attached hydrogen (secondary N) is 1. The van der Waals surface area contributed by atoms with Gasteiger partial charge in [0.1, 0.15) is 29.5 Å². The van der Waals surface area contributed by atoms with E-state index in [2.05, 4.69) is 20.4 Å². The van der Waals surface area contributed by atoms with Crippen molar-refractivity contribution < 1.29 is 27.8 Å². The molecule has 0 aliphatic carbocycles. The maximum Gasteiger partial charge on any atom is 0.408 e. The van der Waals surface area contributed by atoms with Gasteiger partial charge in [-0.1, -0.05) is 0 Å². The first-order chi connectivity index (χ1) is 17.4. The Morgan fingerprint density at radius 3 is 2.76 bits per heavy atom. The molecule has 2 atom stereocenters. The van der Waals surface area contributed by atoms with E-state index in [0.29, 0.717) is 59.2 Å². The minimum Gasteiger partial charge on any atom is -0.449 e. The van der Waals surface area contributed by atoms with Crippen molar-refractivity contribution in [2.45, 2.75) is 50.7 Å². The first kappa shape index (κ1) is 25.0. The summed E-state index contributed by atoms with van der Waals surface area (Å²) < 4.78 is 44.8. The predicted octanol–water partition coefficient (Wildman–Crippen LogP) is 2.95. The van der Waals surface area contributed by atoms with Gasteiger partial charge in [-0.3, -0.25) is 4.68 Å². The second kappa shape index (κ2) is 8.99. The lowest BCUT2D eigenvalue weighted by Gasteiger charge is -2.36. The lowest BCUT2D eigenvalue weighted by atomic mass is 10.0. The van der Waals surface area contributed by atoms with E-state index in [4.69, 9.17) is 10.5 Å². The number of halogens is 3. The molecule has 0 bridgehead atoms. The van der Waals surface area contributed by atoms with E-state index in [-0.39, 0.29) is 0 Å². The van der Waals surface area contributed by atoms with Gasteiger partial charge in [-0.05, 0) is 32.4 Å². The summed E-state index contributed by atoms with van der Waals surface area (Å²) in [7, 11) is 0. The van der Waals surface area contributed by atoms with Crippen LogP contribution in [0.3, 0.4) is 0 Å². The lowest BCUT2D eigenvalue weighted by molar-refractivity contribution is -0.142. The van der Waals surface area contributed by atoms with E-state index >= 15 is 0 Å². The number of alkyl halides is 3. The number of hydrogen-bond donors (Lipinski definition) is 3. The Bertz CT molecular complexity index is 1340. The highest BCUT2D eigenvalue weighted by atomic mass is 19.4. The van der Waals surface area contributed by atoms with Gasteiger partial charge >= 0.3 is 12.1 Å². The van der Waals surface area contributed by atoms with Crippen LogP contribution >= 0.6 is 0 Å². The van der Waals surface area contributed by atoms with E-state index in [1.165, 1.54) is 12.4 Å². The summed E-state index contributed by atoms with van der Waals surface area (Å²) in [5.74, 6) is 0.440. The number of aromatic nitrogens is 4. The van der Waals surface area contributed by atoms with Crippen LogP contribution in [0.1, 0.15) is 36.3 Å². The Hall–Kier alpha value is -3.71. The zero-order chi connectivity index (χ0) is 26.5. The van der Waals surface area contributed by atoms with Gasteiger partial charge in [0.15, 0.2) is 0 Å². The number of aliphatic hydroxyl groups is 1. The maximum atomic E-state index is 12.9. The zero-order valence-corrected chi connectivity index (χ0v) is 20.2. The molecule has 13 heteroatoms. The molecule has 5 rings (SSSR count). The molecule has 1 saturated heterocycles. The third-order valence-corrected chi connectivity index (χ3v) is 6.42. The van der Waals surface area contributed by atoms with Crippen molar-refractivity contribution in [3.8, 4) is 11.1 Å². The standard InChI is InChI=1S/C24H26F3N7O3/c1-23(2)21-14(22(36)37-23)3-4-19(32-21)31-20-7-17(33-6-5-18(35)16(28)11-33)15(9-29-20)13-8-30-34(10-13)12-24(25,26)27/h3-4,7-10,16,18,35H,5-6,11-12,28H2,1-2H3,(H,29,31,32)/t16-,18-/m1/s1. The van der Waals surface area contributed by atoms with E-state index in [1.54, 1.807) is 38.2 Å². The van der Waals surface area contributed by atoms with Crippen LogP contribution < -0.4 is 16.0 Å². The van der Waals surface area contributed by atoms with Gasteiger partial charge in [0.25, 0.3) is 0 Å². The monoisotopic (exact) mass is 517 g/mol. The van der Waals surface area contributed by atoms with Gasteiger partial charge in [0.2, 0.25) is 0 Å². The van der Waals surface area contributed by atoms with Crippen molar-refractivity contribution in [1.82, 2.24) is 19.7 Å². The largest absolute Gasteiger partial charge is 0.449 e. The summed E-state index contributed by atoms with van der Waals surface area (Å²) in [5, 5.41) is 17.1. The highest BCUT2D eigenvalue weighted by Gasteiger charge is 2.39. The summed E-state index contributed by atoms with van der Waals surface area (Å²) in [5.41, 5.74) is 7.85. The molecule has 3 aromatic heterocycles. The molecular formula is C24H26F3N7O3. The molecule has 0 unspecified atom stereocenters. The number of nitrogens with two attached hydrogens (primary N) is 1. The molecule has 2 aliphatic rings. The second-order valence-electron chi connectivity index (χ2n) is 9.71. The highest BCUT2D eigenvalue weighted by molar-refractivity contribution is 5.94. The topological polar surface area (TPSA) is 131 Å². The van der Waals surface area contributed by atoms with Gasteiger partial charge in [-0.15, -0.1) is 0 Å². The van der Waals surface area contributed by atoms with Gasteiger partial charge in [-0.25, -0.2) is 14.8 Å². The molecule has 1 fully saturated rings. The molecule has 10 nitrogen and oxygen atoms in total. The normalized spacial score (nSPS) is 21.1. The van der Waals surface area contributed by atoms with Crippen molar-refractivity contribution in [1.29, 1.82) is 0 Å². The number of rotatable bonds is 5. The fourth-order valence-electron chi connectivity index (χ4n) is 4.58. The fourth-order valence-corrected chi connectivity index (χ4v) is 4.58. The van der Waals surface area contributed by atoms with Gasteiger partial charge in [0.05, 0.1) is 17.9 Å². The minimum atomic E-state index is -4.40. The van der Waals surface area contributed by atoms with Gasteiger partial charge in [0, 0.05) is 54.4 Å². The van der Waals surface area contributed by atoms with Gasteiger partial charge < -0.3 is 25.8 Å². The van der Waals surface area contributed by atoms with Crippen LogP contribution in [-0.2, 0) is 16.9 Å². The number of carbonyl (C=O) groups excluding carboxylic acids is 1. The molecule has 0 saturated carbocycles. The molecule has 0 aromatic carbocycles. The Labute approximate surface area is 210 Å². The Kier molecular flexibility index (Phi) is 6.07. The van der Waals surface area contributed by atoms with Crippen LogP contribution in [0.15, 0.2) is 36.8 Å². The molecule has 0 amide bonds. The molecule has 3 aromatic rings. The highest BCUT2D eigenvalue weighted by Crippen LogP contribution is 2.37. The smallest absolute Gasteiger partial charge is 0.408 e. The van der Waals surface area contributed by atoms with E-state index in [9.17, 15) is 23.1 Å². The van der Waals surface area contributed by atoms with Crippen molar-refractivity contribution in [3.63, 3.8) is 0 Å². The number of aliphatic hydroxyl groups excluding tert-OH is 1. The van der Waals surface area contributed by atoms with Crippen molar-refractivity contribution in [2.75, 3.05) is 23.3 Å². The fraction of sp³-hybridized carbons (Fsp3) is 0.417. The molecule has 5 heterocycles. The number of carbonyl (C=O) groups is 1. The first-order valence-corrected chi connectivity index (χ1v) is 11.7. The van der Waals surface area contributed by atoms with Crippen molar-refractivity contribution >= 4 is 23.3 Å². The van der Waals surface area contributed by atoms with E-state index < -0.39 is 36.4 Å². The molecule has 0 spiro atoms. The number of pyridine rings is 2. The molecule has 4 N–H and O–H groups in total. The van der Waals surface area contributed by atoms with E-state index in [0.717, 1.165) is 4.68 Å².